The lowest BCUT2D eigenvalue weighted by molar-refractivity contribution is -0.122. The molecule has 7 heteroatoms. The molecule has 3 rings (SSSR count). The zero-order valence-electron chi connectivity index (χ0n) is 15.3. The maximum Gasteiger partial charge on any atom is 0.265 e. The average Bonchev–Trinajstić information content (AvgIpc) is 3.14. The lowest BCUT2D eigenvalue weighted by Gasteiger charge is -2.15. The summed E-state index contributed by atoms with van der Waals surface area (Å²) in [4.78, 5) is 16.7. The monoisotopic (exact) mass is 429 g/mol. The molecule has 0 saturated carbocycles. The molecule has 1 atom stereocenters. The molecule has 0 aliphatic heterocycles. The molecule has 0 saturated heterocycles. The lowest BCUT2D eigenvalue weighted by atomic mass is 10.2. The van der Waals surface area contributed by atoms with Crippen LogP contribution in [0, 0.1) is 0 Å². The first kappa shape index (κ1) is 19.1. The molecule has 140 valence electrons. The van der Waals surface area contributed by atoms with Crippen molar-refractivity contribution in [1.82, 2.24) is 10.1 Å². The molecule has 1 heterocycles. The standard InChI is InChI=1S/C20H20BrN3O3/c1-12(2)18-23-20(27-24-18)14-4-8-16(9-5-14)22-19(25)13(3)26-17-10-6-15(21)7-11-17/h4-13H,1-3H3,(H,22,25)/t13-/m1/s1. The van der Waals surface area contributed by atoms with Crippen molar-refractivity contribution in [2.24, 2.45) is 0 Å². The number of amides is 1. The highest BCUT2D eigenvalue weighted by atomic mass is 79.9. The van der Waals surface area contributed by atoms with Crippen LogP contribution in [0.15, 0.2) is 57.5 Å². The van der Waals surface area contributed by atoms with E-state index in [4.69, 9.17) is 9.26 Å². The van der Waals surface area contributed by atoms with Gasteiger partial charge in [0.05, 0.1) is 0 Å². The van der Waals surface area contributed by atoms with E-state index in [0.717, 1.165) is 10.0 Å². The summed E-state index contributed by atoms with van der Waals surface area (Å²) in [5.41, 5.74) is 1.46. The molecule has 2 aromatic carbocycles. The molecule has 0 spiro atoms. The molecule has 1 amide bonds. The second-order valence-electron chi connectivity index (χ2n) is 6.39. The van der Waals surface area contributed by atoms with E-state index in [2.05, 4.69) is 31.4 Å². The molecule has 0 radical (unpaired) electrons. The number of hydrogen-bond donors (Lipinski definition) is 1. The van der Waals surface area contributed by atoms with E-state index in [1.54, 1.807) is 31.2 Å². The van der Waals surface area contributed by atoms with Gasteiger partial charge in [-0.2, -0.15) is 4.98 Å². The van der Waals surface area contributed by atoms with Crippen molar-refractivity contribution in [3.8, 4) is 17.2 Å². The third-order valence-corrected chi connectivity index (χ3v) is 4.38. The van der Waals surface area contributed by atoms with Gasteiger partial charge in [0.2, 0.25) is 0 Å². The molecule has 6 nitrogen and oxygen atoms in total. The van der Waals surface area contributed by atoms with Gasteiger partial charge in [-0.05, 0) is 55.5 Å². The molecular weight excluding hydrogens is 410 g/mol. The van der Waals surface area contributed by atoms with Crippen molar-refractivity contribution < 1.29 is 14.1 Å². The van der Waals surface area contributed by atoms with Gasteiger partial charge < -0.3 is 14.6 Å². The van der Waals surface area contributed by atoms with Gasteiger partial charge in [0.1, 0.15) is 5.75 Å². The van der Waals surface area contributed by atoms with E-state index in [0.29, 0.717) is 23.2 Å². The Labute approximate surface area is 166 Å². The van der Waals surface area contributed by atoms with E-state index >= 15 is 0 Å². The van der Waals surface area contributed by atoms with Crippen LogP contribution in [0.1, 0.15) is 32.5 Å². The Morgan fingerprint density at radius 3 is 2.33 bits per heavy atom. The summed E-state index contributed by atoms with van der Waals surface area (Å²) in [6.45, 7) is 5.72. The number of aromatic nitrogens is 2. The first-order chi connectivity index (χ1) is 12.9. The fourth-order valence-electron chi connectivity index (χ4n) is 2.30. The number of anilines is 1. The fraction of sp³-hybridized carbons (Fsp3) is 0.250. The molecular formula is C20H20BrN3O3. The van der Waals surface area contributed by atoms with Gasteiger partial charge in [0, 0.05) is 21.6 Å². The molecule has 0 aliphatic rings. The second kappa shape index (κ2) is 8.35. The average molecular weight is 430 g/mol. The summed E-state index contributed by atoms with van der Waals surface area (Å²) in [6.07, 6.45) is -0.629. The molecule has 27 heavy (non-hydrogen) atoms. The Balaban J connectivity index is 1.61. The van der Waals surface area contributed by atoms with E-state index < -0.39 is 6.10 Å². The summed E-state index contributed by atoms with van der Waals surface area (Å²) in [7, 11) is 0. The van der Waals surface area contributed by atoms with Gasteiger partial charge in [-0.3, -0.25) is 4.79 Å². The summed E-state index contributed by atoms with van der Waals surface area (Å²) in [5, 5.41) is 6.79. The molecule has 0 fully saturated rings. The number of ether oxygens (including phenoxy) is 1. The van der Waals surface area contributed by atoms with Crippen LogP contribution >= 0.6 is 15.9 Å². The smallest absolute Gasteiger partial charge is 0.265 e. The summed E-state index contributed by atoms with van der Waals surface area (Å²) in [6, 6.07) is 14.6. The van der Waals surface area contributed by atoms with E-state index in [1.807, 2.05) is 38.1 Å². The van der Waals surface area contributed by atoms with Crippen LogP contribution in [0.2, 0.25) is 0 Å². The second-order valence-corrected chi connectivity index (χ2v) is 7.31. The number of halogens is 1. The summed E-state index contributed by atoms with van der Waals surface area (Å²) < 4.78 is 11.9. The van der Waals surface area contributed by atoms with Crippen LogP contribution in [0.5, 0.6) is 5.75 Å². The van der Waals surface area contributed by atoms with Gasteiger partial charge in [-0.15, -0.1) is 0 Å². The van der Waals surface area contributed by atoms with Crippen LogP contribution < -0.4 is 10.1 Å². The third kappa shape index (κ3) is 4.95. The third-order valence-electron chi connectivity index (χ3n) is 3.85. The zero-order valence-corrected chi connectivity index (χ0v) is 16.9. The molecule has 1 N–H and O–H groups in total. The van der Waals surface area contributed by atoms with Crippen molar-refractivity contribution >= 4 is 27.5 Å². The number of benzene rings is 2. The predicted molar refractivity (Wildman–Crippen MR) is 107 cm³/mol. The van der Waals surface area contributed by atoms with Gasteiger partial charge in [-0.25, -0.2) is 0 Å². The van der Waals surface area contributed by atoms with Crippen LogP contribution in [-0.2, 0) is 4.79 Å². The SMILES string of the molecule is CC(C)c1noc(-c2ccc(NC(=O)[C@@H](C)Oc3ccc(Br)cc3)cc2)n1. The first-order valence-electron chi connectivity index (χ1n) is 8.59. The van der Waals surface area contributed by atoms with Crippen LogP contribution in [0.3, 0.4) is 0 Å². The summed E-state index contributed by atoms with van der Waals surface area (Å²) in [5.74, 6) is 1.73. The van der Waals surface area contributed by atoms with E-state index in [9.17, 15) is 4.79 Å². The van der Waals surface area contributed by atoms with Crippen molar-refractivity contribution in [2.45, 2.75) is 32.8 Å². The van der Waals surface area contributed by atoms with Crippen LogP contribution in [-0.4, -0.2) is 22.2 Å². The first-order valence-corrected chi connectivity index (χ1v) is 9.39. The Bertz CT molecular complexity index is 905. The summed E-state index contributed by atoms with van der Waals surface area (Å²) >= 11 is 3.37. The minimum absolute atomic E-state index is 0.202. The predicted octanol–water partition coefficient (Wildman–Crippen LogP) is 5.03. The fourth-order valence-corrected chi connectivity index (χ4v) is 2.56. The molecule has 1 aromatic heterocycles. The highest BCUT2D eigenvalue weighted by molar-refractivity contribution is 9.10. The van der Waals surface area contributed by atoms with Gasteiger partial charge in [-0.1, -0.05) is 34.9 Å². The normalized spacial score (nSPS) is 12.0. The number of carbonyl (C=O) groups excluding carboxylic acids is 1. The van der Waals surface area contributed by atoms with Crippen molar-refractivity contribution in [2.75, 3.05) is 5.32 Å². The number of hydrogen-bond acceptors (Lipinski definition) is 5. The van der Waals surface area contributed by atoms with Gasteiger partial charge >= 0.3 is 0 Å². The van der Waals surface area contributed by atoms with E-state index in [1.165, 1.54) is 0 Å². The Morgan fingerprint density at radius 1 is 1.07 bits per heavy atom. The minimum Gasteiger partial charge on any atom is -0.481 e. The number of carbonyl (C=O) groups is 1. The molecule has 3 aromatic rings. The maximum atomic E-state index is 12.3. The molecule has 0 bridgehead atoms. The zero-order chi connectivity index (χ0) is 19.4. The highest BCUT2D eigenvalue weighted by Gasteiger charge is 2.16. The largest absolute Gasteiger partial charge is 0.481 e. The molecule has 0 aliphatic carbocycles. The van der Waals surface area contributed by atoms with E-state index in [-0.39, 0.29) is 11.8 Å². The van der Waals surface area contributed by atoms with Crippen LogP contribution in [0.4, 0.5) is 5.69 Å². The Hall–Kier alpha value is -2.67. The Morgan fingerprint density at radius 2 is 1.74 bits per heavy atom. The number of nitrogens with zero attached hydrogens (tertiary/aromatic N) is 2. The lowest BCUT2D eigenvalue weighted by Crippen LogP contribution is -2.30. The topological polar surface area (TPSA) is 77.2 Å². The quantitative estimate of drug-likeness (QED) is 0.594. The van der Waals surface area contributed by atoms with Crippen molar-refractivity contribution in [1.29, 1.82) is 0 Å². The molecule has 0 unspecified atom stereocenters. The van der Waals surface area contributed by atoms with Gasteiger partial charge in [0.25, 0.3) is 11.8 Å². The minimum atomic E-state index is -0.629. The van der Waals surface area contributed by atoms with Gasteiger partial charge in [0.15, 0.2) is 11.9 Å². The van der Waals surface area contributed by atoms with Crippen LogP contribution in [0.25, 0.3) is 11.5 Å². The highest BCUT2D eigenvalue weighted by Crippen LogP contribution is 2.22. The number of nitrogens with one attached hydrogen (secondary N) is 1. The van der Waals surface area contributed by atoms with Crippen molar-refractivity contribution in [3.63, 3.8) is 0 Å². The maximum absolute atomic E-state index is 12.3. The number of rotatable bonds is 6. The Kier molecular flexibility index (Phi) is 5.91. The van der Waals surface area contributed by atoms with Crippen molar-refractivity contribution in [3.05, 3.63) is 58.8 Å².